The molecule has 3 N–H and O–H groups in total. The molecule has 1 aliphatic rings. The van der Waals surface area contributed by atoms with Crippen LogP contribution in [-0.2, 0) is 9.53 Å². The number of pyridine rings is 1. The summed E-state index contributed by atoms with van der Waals surface area (Å²) in [6.07, 6.45) is 0.877. The predicted molar refractivity (Wildman–Crippen MR) is 88.1 cm³/mol. The zero-order valence-electron chi connectivity index (χ0n) is 13.6. The molecule has 6 heteroatoms. The number of carbonyl (C=O) groups excluding carboxylic acids is 1. The Bertz CT molecular complexity index is 515. The lowest BCUT2D eigenvalue weighted by Crippen LogP contribution is -2.40. The Morgan fingerprint density at radius 3 is 2.73 bits per heavy atom. The number of hydrogen-bond donors (Lipinski definition) is 2. The first kappa shape index (κ1) is 16.7. The van der Waals surface area contributed by atoms with Crippen molar-refractivity contribution in [2.24, 2.45) is 11.7 Å². The van der Waals surface area contributed by atoms with Gasteiger partial charge in [0.2, 0.25) is 5.91 Å². The van der Waals surface area contributed by atoms with E-state index in [1.165, 1.54) is 0 Å². The number of nitrogens with zero attached hydrogens (tertiary/aromatic N) is 2. The van der Waals surface area contributed by atoms with Crippen LogP contribution >= 0.6 is 0 Å². The summed E-state index contributed by atoms with van der Waals surface area (Å²) in [5.74, 6) is 0.921. The van der Waals surface area contributed by atoms with Gasteiger partial charge in [-0.05, 0) is 25.0 Å². The summed E-state index contributed by atoms with van der Waals surface area (Å²) in [5, 5.41) is 2.89. The lowest BCUT2D eigenvalue weighted by molar-refractivity contribution is -0.118. The lowest BCUT2D eigenvalue weighted by atomic mass is 9.99. The second-order valence-corrected chi connectivity index (χ2v) is 5.80. The number of nitrogens with one attached hydrogen (secondary N) is 1. The van der Waals surface area contributed by atoms with Crippen LogP contribution in [0.5, 0.6) is 0 Å². The van der Waals surface area contributed by atoms with E-state index in [9.17, 15) is 4.79 Å². The fourth-order valence-corrected chi connectivity index (χ4v) is 2.38. The van der Waals surface area contributed by atoms with E-state index in [1.807, 2.05) is 32.9 Å². The second kappa shape index (κ2) is 7.56. The molecule has 22 heavy (non-hydrogen) atoms. The molecule has 1 aromatic rings. The Morgan fingerprint density at radius 1 is 1.45 bits per heavy atom. The van der Waals surface area contributed by atoms with Crippen LogP contribution < -0.4 is 16.0 Å². The highest BCUT2D eigenvalue weighted by molar-refractivity contribution is 5.95. The van der Waals surface area contributed by atoms with Gasteiger partial charge >= 0.3 is 0 Å². The van der Waals surface area contributed by atoms with Crippen molar-refractivity contribution in [2.75, 3.05) is 36.5 Å². The molecule has 1 aromatic heterocycles. The number of hydrogen-bond acceptors (Lipinski definition) is 5. The molecular formula is C16H26N4O2. The molecule has 0 saturated carbocycles. The Balaban J connectivity index is 2.04. The highest BCUT2D eigenvalue weighted by Crippen LogP contribution is 2.20. The lowest BCUT2D eigenvalue weighted by Gasteiger charge is -2.28. The molecule has 0 radical (unpaired) electrons. The van der Waals surface area contributed by atoms with Gasteiger partial charge < -0.3 is 20.7 Å². The van der Waals surface area contributed by atoms with Gasteiger partial charge in [-0.15, -0.1) is 0 Å². The molecule has 2 rings (SSSR count). The maximum Gasteiger partial charge on any atom is 0.241 e. The third kappa shape index (κ3) is 3.96. The molecule has 2 atom stereocenters. The van der Waals surface area contributed by atoms with Crippen molar-refractivity contribution in [3.8, 4) is 0 Å². The van der Waals surface area contributed by atoms with E-state index in [0.29, 0.717) is 0 Å². The first-order valence-electron chi connectivity index (χ1n) is 7.89. The Labute approximate surface area is 132 Å². The molecule has 2 heterocycles. The number of aryl methyl sites for hydroxylation is 1. The summed E-state index contributed by atoms with van der Waals surface area (Å²) in [6.45, 7) is 9.05. The average Bonchev–Trinajstić information content (AvgIpc) is 2.55. The maximum atomic E-state index is 12.2. The first-order valence-corrected chi connectivity index (χ1v) is 7.89. The molecule has 1 saturated heterocycles. The number of aromatic nitrogens is 1. The van der Waals surface area contributed by atoms with Crippen molar-refractivity contribution in [2.45, 2.75) is 33.2 Å². The fraction of sp³-hybridized carbons (Fsp3) is 0.625. The van der Waals surface area contributed by atoms with Crippen molar-refractivity contribution in [1.82, 2.24) is 4.98 Å². The van der Waals surface area contributed by atoms with E-state index >= 15 is 0 Å². The molecule has 1 fully saturated rings. The zero-order chi connectivity index (χ0) is 16.1. The van der Waals surface area contributed by atoms with E-state index in [1.54, 1.807) is 0 Å². The second-order valence-electron chi connectivity index (χ2n) is 5.80. The van der Waals surface area contributed by atoms with Crippen LogP contribution in [0.2, 0.25) is 0 Å². The number of nitrogens with two attached hydrogens (primary N) is 1. The monoisotopic (exact) mass is 306 g/mol. The first-order chi connectivity index (χ1) is 10.5. The Hall–Kier alpha value is -1.66. The number of ether oxygens (including phenoxy) is 1. The van der Waals surface area contributed by atoms with E-state index in [0.717, 1.165) is 49.9 Å². The molecule has 0 aliphatic carbocycles. The predicted octanol–water partition coefficient (Wildman–Crippen LogP) is 1.54. The molecule has 0 bridgehead atoms. The molecule has 6 nitrogen and oxygen atoms in total. The standard InChI is InChI=1S/C16H26N4O2/c1-4-11(2)15(17)16(21)19-13-5-6-14(18-12(13)3)20-7-9-22-10-8-20/h5-6,11,15H,4,7-10,17H2,1-3H3,(H,19,21). The van der Waals surface area contributed by atoms with Gasteiger partial charge in [0.05, 0.1) is 30.6 Å². The minimum atomic E-state index is -0.497. The van der Waals surface area contributed by atoms with Gasteiger partial charge in [-0.3, -0.25) is 4.79 Å². The van der Waals surface area contributed by atoms with Crippen LogP contribution in [0.1, 0.15) is 26.0 Å². The molecule has 1 amide bonds. The smallest absolute Gasteiger partial charge is 0.241 e. The molecular weight excluding hydrogens is 280 g/mol. The molecule has 2 unspecified atom stereocenters. The van der Waals surface area contributed by atoms with Crippen LogP contribution in [0.4, 0.5) is 11.5 Å². The maximum absolute atomic E-state index is 12.2. The number of amides is 1. The summed E-state index contributed by atoms with van der Waals surface area (Å²) in [6, 6.07) is 3.33. The minimum absolute atomic E-state index is 0.154. The number of carbonyl (C=O) groups is 1. The van der Waals surface area contributed by atoms with Crippen LogP contribution in [0.3, 0.4) is 0 Å². The van der Waals surface area contributed by atoms with Gasteiger partial charge in [0.15, 0.2) is 0 Å². The SMILES string of the molecule is CCC(C)C(N)C(=O)Nc1ccc(N2CCOCC2)nc1C. The Kier molecular flexibility index (Phi) is 5.74. The zero-order valence-corrected chi connectivity index (χ0v) is 13.6. The molecule has 0 spiro atoms. The summed E-state index contributed by atoms with van der Waals surface area (Å²) >= 11 is 0. The summed E-state index contributed by atoms with van der Waals surface area (Å²) < 4.78 is 5.35. The van der Waals surface area contributed by atoms with Gasteiger partial charge in [0.25, 0.3) is 0 Å². The number of rotatable bonds is 5. The summed E-state index contributed by atoms with van der Waals surface area (Å²) in [5.41, 5.74) is 7.48. The van der Waals surface area contributed by atoms with Gasteiger partial charge in [-0.2, -0.15) is 0 Å². The highest BCUT2D eigenvalue weighted by atomic mass is 16.5. The van der Waals surface area contributed by atoms with Crippen LogP contribution in [0, 0.1) is 12.8 Å². The highest BCUT2D eigenvalue weighted by Gasteiger charge is 2.20. The van der Waals surface area contributed by atoms with Crippen molar-refractivity contribution < 1.29 is 9.53 Å². The van der Waals surface area contributed by atoms with Gasteiger partial charge in [0, 0.05) is 13.1 Å². The van der Waals surface area contributed by atoms with Crippen molar-refractivity contribution in [3.05, 3.63) is 17.8 Å². The third-order valence-electron chi connectivity index (χ3n) is 4.22. The van der Waals surface area contributed by atoms with Crippen LogP contribution in [-0.4, -0.2) is 43.2 Å². The third-order valence-corrected chi connectivity index (χ3v) is 4.22. The quantitative estimate of drug-likeness (QED) is 0.862. The van der Waals surface area contributed by atoms with E-state index in [4.69, 9.17) is 10.5 Å². The van der Waals surface area contributed by atoms with Gasteiger partial charge in [-0.25, -0.2) is 4.98 Å². The molecule has 122 valence electrons. The molecule has 1 aliphatic heterocycles. The topological polar surface area (TPSA) is 80.5 Å². The van der Waals surface area contributed by atoms with E-state index in [-0.39, 0.29) is 11.8 Å². The van der Waals surface area contributed by atoms with Crippen molar-refractivity contribution in [1.29, 1.82) is 0 Å². The molecule has 0 aromatic carbocycles. The normalized spacial score (nSPS) is 17.9. The van der Waals surface area contributed by atoms with Gasteiger partial charge in [-0.1, -0.05) is 20.3 Å². The van der Waals surface area contributed by atoms with Crippen molar-refractivity contribution >= 4 is 17.4 Å². The average molecular weight is 306 g/mol. The van der Waals surface area contributed by atoms with E-state index < -0.39 is 6.04 Å². The van der Waals surface area contributed by atoms with Crippen LogP contribution in [0.15, 0.2) is 12.1 Å². The fourth-order valence-electron chi connectivity index (χ4n) is 2.38. The van der Waals surface area contributed by atoms with E-state index in [2.05, 4.69) is 15.2 Å². The van der Waals surface area contributed by atoms with Crippen LogP contribution in [0.25, 0.3) is 0 Å². The van der Waals surface area contributed by atoms with Crippen molar-refractivity contribution in [3.63, 3.8) is 0 Å². The summed E-state index contributed by atoms with van der Waals surface area (Å²) in [4.78, 5) is 18.9. The largest absolute Gasteiger partial charge is 0.378 e. The van der Waals surface area contributed by atoms with Gasteiger partial charge in [0.1, 0.15) is 5.82 Å². The minimum Gasteiger partial charge on any atom is -0.378 e. The number of morpholine rings is 1. The Morgan fingerprint density at radius 2 is 2.14 bits per heavy atom. The summed E-state index contributed by atoms with van der Waals surface area (Å²) in [7, 11) is 0. The number of anilines is 2.